The lowest BCUT2D eigenvalue weighted by Gasteiger charge is -2.21. The highest BCUT2D eigenvalue weighted by Gasteiger charge is 2.29. The van der Waals surface area contributed by atoms with E-state index in [2.05, 4.69) is 35.3 Å². The second kappa shape index (κ2) is 10.9. The van der Waals surface area contributed by atoms with Gasteiger partial charge in [0.25, 0.3) is 0 Å². The average molecular weight is 481 g/mol. The van der Waals surface area contributed by atoms with Crippen molar-refractivity contribution in [3.8, 4) is 16.9 Å². The number of nitrogens with one attached hydrogen (secondary N) is 1. The van der Waals surface area contributed by atoms with Crippen molar-refractivity contribution in [2.24, 2.45) is 0 Å². The van der Waals surface area contributed by atoms with Crippen LogP contribution in [-0.2, 0) is 11.2 Å². The molecular weight excluding hydrogens is 448 g/mol. The molecule has 4 rings (SSSR count). The number of alkyl carbamates (subject to hydrolysis) is 1. The Labute approximate surface area is 208 Å². The number of rotatable bonds is 7. The molecule has 0 saturated heterocycles. The van der Waals surface area contributed by atoms with Gasteiger partial charge in [-0.3, -0.25) is 0 Å². The molecule has 0 aliphatic heterocycles. The fourth-order valence-corrected chi connectivity index (χ4v) is 4.36. The standard InChI is InChI=1S/C28H32N2O3.ClH/c1-28(2,3)33-21-14-12-19(13-15-21)16-20(17-29)30-27(31)32-18-26-24-10-6-4-8-22(24)23-9-5-7-11-25(23)26;/h4-15,20,26H,16-18,29H2,1-3H3,(H,30,31);1H/t20-;/m0./s1. The summed E-state index contributed by atoms with van der Waals surface area (Å²) in [4.78, 5) is 12.6. The van der Waals surface area contributed by atoms with Gasteiger partial charge < -0.3 is 32.9 Å². The summed E-state index contributed by atoms with van der Waals surface area (Å²) in [6, 6.07) is 24.6. The monoisotopic (exact) mass is 480 g/mol. The van der Waals surface area contributed by atoms with Gasteiger partial charge in [0.1, 0.15) is 18.0 Å². The number of amides is 1. The molecule has 3 aromatic carbocycles. The summed E-state index contributed by atoms with van der Waals surface area (Å²) in [6.07, 6.45) is 0.280. The molecule has 0 bridgehead atoms. The SMILES string of the molecule is CC(C)(C)Oc1ccc(C[C@@H](C[NH3+])NC(=O)OCC2c3ccccc3-c3ccccc32)cc1.[Cl-]. The van der Waals surface area contributed by atoms with Crippen LogP contribution in [0.2, 0.25) is 0 Å². The number of carbonyl (C=O) groups excluding carboxylic acids is 1. The van der Waals surface area contributed by atoms with Gasteiger partial charge in [-0.15, -0.1) is 0 Å². The van der Waals surface area contributed by atoms with Crippen LogP contribution in [-0.4, -0.2) is 30.9 Å². The quantitative estimate of drug-likeness (QED) is 0.539. The van der Waals surface area contributed by atoms with Gasteiger partial charge in [0, 0.05) is 5.92 Å². The van der Waals surface area contributed by atoms with Crippen LogP contribution in [0.3, 0.4) is 0 Å². The van der Waals surface area contributed by atoms with E-state index >= 15 is 0 Å². The summed E-state index contributed by atoms with van der Waals surface area (Å²) in [5.41, 5.74) is 9.74. The number of carbonyl (C=O) groups is 1. The molecule has 1 aliphatic rings. The molecule has 0 aromatic heterocycles. The molecule has 0 saturated carbocycles. The molecule has 6 heteroatoms. The van der Waals surface area contributed by atoms with Crippen molar-refractivity contribution in [1.29, 1.82) is 0 Å². The minimum Gasteiger partial charge on any atom is -1.00 e. The first-order valence-corrected chi connectivity index (χ1v) is 11.5. The third-order valence-electron chi connectivity index (χ3n) is 5.84. The summed E-state index contributed by atoms with van der Waals surface area (Å²) >= 11 is 0. The van der Waals surface area contributed by atoms with Gasteiger partial charge in [0.15, 0.2) is 0 Å². The first kappa shape index (κ1) is 25.6. The Hall–Kier alpha value is -3.02. The lowest BCUT2D eigenvalue weighted by atomic mass is 9.98. The number of hydrogen-bond acceptors (Lipinski definition) is 3. The van der Waals surface area contributed by atoms with Crippen LogP contribution < -0.4 is 28.2 Å². The summed E-state index contributed by atoms with van der Waals surface area (Å²) in [6.45, 7) is 6.96. The van der Waals surface area contributed by atoms with Crippen molar-refractivity contribution in [1.82, 2.24) is 5.32 Å². The number of ether oxygens (including phenoxy) is 2. The van der Waals surface area contributed by atoms with Crippen molar-refractivity contribution in [3.63, 3.8) is 0 Å². The zero-order chi connectivity index (χ0) is 23.4. The van der Waals surface area contributed by atoms with Crippen LogP contribution in [0.4, 0.5) is 4.79 Å². The minimum absolute atomic E-state index is 0. The van der Waals surface area contributed by atoms with Crippen LogP contribution in [0, 0.1) is 0 Å². The van der Waals surface area contributed by atoms with E-state index in [4.69, 9.17) is 9.47 Å². The zero-order valence-corrected chi connectivity index (χ0v) is 20.8. The Morgan fingerprint density at radius 2 is 1.50 bits per heavy atom. The van der Waals surface area contributed by atoms with E-state index in [1.807, 2.05) is 69.3 Å². The second-order valence-electron chi connectivity index (χ2n) is 9.52. The Bertz CT molecular complexity index is 1060. The predicted octanol–water partition coefficient (Wildman–Crippen LogP) is 1.56. The molecule has 5 nitrogen and oxygen atoms in total. The summed E-state index contributed by atoms with van der Waals surface area (Å²) in [5, 5.41) is 2.99. The third kappa shape index (κ3) is 6.10. The largest absolute Gasteiger partial charge is 1.00 e. The van der Waals surface area contributed by atoms with Gasteiger partial charge in [0.2, 0.25) is 0 Å². The van der Waals surface area contributed by atoms with E-state index in [-0.39, 0.29) is 30.0 Å². The normalized spacial score (nSPS) is 13.3. The van der Waals surface area contributed by atoms with E-state index in [9.17, 15) is 4.79 Å². The van der Waals surface area contributed by atoms with Crippen LogP contribution >= 0.6 is 0 Å². The number of benzene rings is 3. The Morgan fingerprint density at radius 3 is 2.03 bits per heavy atom. The van der Waals surface area contributed by atoms with E-state index in [1.54, 1.807) is 0 Å². The smallest absolute Gasteiger partial charge is 0.407 e. The van der Waals surface area contributed by atoms with Crippen molar-refractivity contribution in [2.45, 2.75) is 44.8 Å². The summed E-state index contributed by atoms with van der Waals surface area (Å²) in [7, 11) is 0. The molecule has 0 radical (unpaired) electrons. The first-order chi connectivity index (χ1) is 15.8. The molecule has 1 aliphatic carbocycles. The molecule has 34 heavy (non-hydrogen) atoms. The fourth-order valence-electron chi connectivity index (χ4n) is 4.36. The maximum absolute atomic E-state index is 12.6. The summed E-state index contributed by atoms with van der Waals surface area (Å²) in [5.74, 6) is 0.888. The van der Waals surface area contributed by atoms with E-state index in [0.29, 0.717) is 19.6 Å². The highest BCUT2D eigenvalue weighted by atomic mass is 35.5. The topological polar surface area (TPSA) is 75.2 Å². The highest BCUT2D eigenvalue weighted by molar-refractivity contribution is 5.79. The fraction of sp³-hybridized carbons (Fsp3) is 0.321. The maximum Gasteiger partial charge on any atom is 0.407 e. The number of hydrogen-bond donors (Lipinski definition) is 2. The van der Waals surface area contributed by atoms with Crippen LogP contribution in [0.1, 0.15) is 43.4 Å². The van der Waals surface area contributed by atoms with E-state index in [0.717, 1.165) is 11.3 Å². The van der Waals surface area contributed by atoms with Gasteiger partial charge in [-0.05, 0) is 67.1 Å². The number of halogens is 1. The first-order valence-electron chi connectivity index (χ1n) is 11.5. The minimum atomic E-state index is -0.404. The molecule has 1 amide bonds. The zero-order valence-electron chi connectivity index (χ0n) is 20.0. The van der Waals surface area contributed by atoms with Crippen LogP contribution in [0.15, 0.2) is 72.8 Å². The van der Waals surface area contributed by atoms with Gasteiger partial charge in [0.05, 0.1) is 12.6 Å². The number of quaternary nitrogens is 1. The lowest BCUT2D eigenvalue weighted by Crippen LogP contribution is -3.00. The van der Waals surface area contributed by atoms with Gasteiger partial charge >= 0.3 is 6.09 Å². The number of fused-ring (bicyclic) bond motifs is 3. The molecule has 3 aromatic rings. The van der Waals surface area contributed by atoms with Gasteiger partial charge in [-0.2, -0.15) is 0 Å². The molecule has 0 unspecified atom stereocenters. The van der Waals surface area contributed by atoms with Crippen molar-refractivity contribution < 1.29 is 32.4 Å². The second-order valence-corrected chi connectivity index (χ2v) is 9.52. The molecule has 0 fully saturated rings. The Balaban J connectivity index is 0.00000324. The molecule has 0 spiro atoms. The molecule has 4 N–H and O–H groups in total. The highest BCUT2D eigenvalue weighted by Crippen LogP contribution is 2.44. The van der Waals surface area contributed by atoms with Crippen molar-refractivity contribution in [3.05, 3.63) is 89.5 Å². The van der Waals surface area contributed by atoms with Crippen molar-refractivity contribution in [2.75, 3.05) is 13.2 Å². The van der Waals surface area contributed by atoms with Gasteiger partial charge in [-0.25, -0.2) is 4.79 Å². The molecule has 0 heterocycles. The molecule has 1 atom stereocenters. The lowest BCUT2D eigenvalue weighted by molar-refractivity contribution is -0.372. The van der Waals surface area contributed by atoms with E-state index in [1.165, 1.54) is 22.3 Å². The Morgan fingerprint density at radius 1 is 0.941 bits per heavy atom. The average Bonchev–Trinajstić information content (AvgIpc) is 3.11. The molecular formula is C28H33ClN2O3. The molecule has 180 valence electrons. The Kier molecular flexibility index (Phi) is 8.24. The predicted molar refractivity (Wildman–Crippen MR) is 130 cm³/mol. The van der Waals surface area contributed by atoms with Crippen molar-refractivity contribution >= 4 is 6.09 Å². The maximum atomic E-state index is 12.6. The van der Waals surface area contributed by atoms with E-state index < -0.39 is 6.09 Å². The third-order valence-corrected chi connectivity index (χ3v) is 5.84. The van der Waals surface area contributed by atoms with Gasteiger partial charge in [-0.1, -0.05) is 60.7 Å². The summed E-state index contributed by atoms with van der Waals surface area (Å²) < 4.78 is 11.6. The van der Waals surface area contributed by atoms with Crippen LogP contribution in [0.5, 0.6) is 5.75 Å². The van der Waals surface area contributed by atoms with Crippen LogP contribution in [0.25, 0.3) is 11.1 Å².